The van der Waals surface area contributed by atoms with E-state index in [0.717, 1.165) is 49.6 Å². The molecule has 1 aromatic carbocycles. The van der Waals surface area contributed by atoms with E-state index in [9.17, 15) is 5.11 Å². The van der Waals surface area contributed by atoms with E-state index in [1.165, 1.54) is 22.2 Å². The summed E-state index contributed by atoms with van der Waals surface area (Å²) in [4.78, 5) is 9.50. The van der Waals surface area contributed by atoms with Crippen molar-refractivity contribution in [3.8, 4) is 0 Å². The third-order valence-electron chi connectivity index (χ3n) is 5.72. The van der Waals surface area contributed by atoms with Crippen molar-refractivity contribution < 1.29 is 9.52 Å². The maximum absolute atomic E-state index is 9.63. The number of furan rings is 1. The van der Waals surface area contributed by atoms with Crippen molar-refractivity contribution >= 4 is 16.6 Å². The summed E-state index contributed by atoms with van der Waals surface area (Å²) in [6.07, 6.45) is 2.68. The third kappa shape index (κ3) is 3.77. The van der Waals surface area contributed by atoms with E-state index in [2.05, 4.69) is 52.9 Å². The summed E-state index contributed by atoms with van der Waals surface area (Å²) in [5, 5.41) is 10.8. The number of pyridine rings is 1. The van der Waals surface area contributed by atoms with Crippen LogP contribution >= 0.6 is 0 Å². The molecule has 1 aliphatic rings. The van der Waals surface area contributed by atoms with E-state index in [1.54, 1.807) is 0 Å². The highest BCUT2D eigenvalue weighted by Crippen LogP contribution is 2.31. The van der Waals surface area contributed by atoms with E-state index in [1.807, 2.05) is 19.2 Å². The molecule has 5 heteroatoms. The van der Waals surface area contributed by atoms with Gasteiger partial charge < -0.3 is 14.4 Å². The van der Waals surface area contributed by atoms with Crippen molar-refractivity contribution in [3.05, 3.63) is 59.2 Å². The van der Waals surface area contributed by atoms with Gasteiger partial charge in [0.15, 0.2) is 0 Å². The molecule has 5 nitrogen and oxygen atoms in total. The van der Waals surface area contributed by atoms with Crippen molar-refractivity contribution in [1.82, 2.24) is 9.88 Å². The number of hydrogen-bond acceptors (Lipinski definition) is 5. The molecule has 0 bridgehead atoms. The van der Waals surface area contributed by atoms with Gasteiger partial charge in [-0.1, -0.05) is 11.6 Å². The molecule has 0 radical (unpaired) electrons. The van der Waals surface area contributed by atoms with Crippen molar-refractivity contribution in [2.24, 2.45) is 0 Å². The smallest absolute Gasteiger partial charge is 0.118 e. The number of benzene rings is 1. The SMILES string of the molecule is Cc1cc(C)c2nccc(N3CCN(Cc4ccc(C)o4)C(CCO)C3)c2c1. The minimum Gasteiger partial charge on any atom is -0.465 e. The largest absolute Gasteiger partial charge is 0.465 e. The van der Waals surface area contributed by atoms with Crippen LogP contribution in [0.3, 0.4) is 0 Å². The first-order valence-electron chi connectivity index (χ1n) is 10.1. The predicted octanol–water partition coefficient (Wildman–Crippen LogP) is 3.83. The Balaban J connectivity index is 1.60. The molecule has 148 valence electrons. The second-order valence-electron chi connectivity index (χ2n) is 7.90. The fraction of sp³-hybridized carbons (Fsp3) is 0.435. The van der Waals surface area contributed by atoms with Gasteiger partial charge in [-0.3, -0.25) is 9.88 Å². The van der Waals surface area contributed by atoms with Crippen LogP contribution in [0.1, 0.15) is 29.1 Å². The Kier molecular flexibility index (Phi) is 5.38. The number of anilines is 1. The lowest BCUT2D eigenvalue weighted by atomic mass is 10.0. The zero-order chi connectivity index (χ0) is 19.7. The van der Waals surface area contributed by atoms with Gasteiger partial charge >= 0.3 is 0 Å². The van der Waals surface area contributed by atoms with E-state index >= 15 is 0 Å². The average Bonchev–Trinajstić information content (AvgIpc) is 3.08. The Morgan fingerprint density at radius 3 is 2.75 bits per heavy atom. The van der Waals surface area contributed by atoms with E-state index in [0.29, 0.717) is 6.04 Å². The number of aryl methyl sites for hydroxylation is 3. The predicted molar refractivity (Wildman–Crippen MR) is 113 cm³/mol. The number of fused-ring (bicyclic) bond motifs is 1. The Morgan fingerprint density at radius 2 is 2.00 bits per heavy atom. The second kappa shape index (κ2) is 7.94. The number of hydrogen-bond donors (Lipinski definition) is 1. The molecule has 4 rings (SSSR count). The van der Waals surface area contributed by atoms with Crippen LogP contribution in [0.4, 0.5) is 5.69 Å². The van der Waals surface area contributed by atoms with Gasteiger partial charge in [-0.2, -0.15) is 0 Å². The fourth-order valence-electron chi connectivity index (χ4n) is 4.39. The Morgan fingerprint density at radius 1 is 1.14 bits per heavy atom. The second-order valence-corrected chi connectivity index (χ2v) is 7.90. The van der Waals surface area contributed by atoms with Gasteiger partial charge in [-0.25, -0.2) is 0 Å². The van der Waals surface area contributed by atoms with Crippen molar-refractivity contribution in [1.29, 1.82) is 0 Å². The summed E-state index contributed by atoms with van der Waals surface area (Å²) in [5.41, 5.74) is 4.80. The van der Waals surface area contributed by atoms with Gasteiger partial charge in [-0.15, -0.1) is 0 Å². The average molecular weight is 380 g/mol. The molecule has 0 amide bonds. The van der Waals surface area contributed by atoms with Crippen molar-refractivity contribution in [2.75, 3.05) is 31.1 Å². The zero-order valence-electron chi connectivity index (χ0n) is 17.0. The van der Waals surface area contributed by atoms with E-state index in [4.69, 9.17) is 4.42 Å². The maximum Gasteiger partial charge on any atom is 0.118 e. The molecule has 1 N–H and O–H groups in total. The highest BCUT2D eigenvalue weighted by molar-refractivity contribution is 5.94. The van der Waals surface area contributed by atoms with Gasteiger partial charge in [0.2, 0.25) is 0 Å². The highest BCUT2D eigenvalue weighted by Gasteiger charge is 2.28. The fourth-order valence-corrected chi connectivity index (χ4v) is 4.39. The van der Waals surface area contributed by atoms with Crippen LogP contribution in [-0.2, 0) is 6.54 Å². The summed E-state index contributed by atoms with van der Waals surface area (Å²) in [6.45, 7) is 10.0. The van der Waals surface area contributed by atoms with Crippen LogP contribution in [0.2, 0.25) is 0 Å². The summed E-state index contributed by atoms with van der Waals surface area (Å²) in [7, 11) is 0. The number of nitrogens with zero attached hydrogens (tertiary/aromatic N) is 3. The first-order chi connectivity index (χ1) is 13.5. The number of rotatable bonds is 5. The lowest BCUT2D eigenvalue weighted by Crippen LogP contribution is -2.53. The van der Waals surface area contributed by atoms with Gasteiger partial charge in [0.05, 0.1) is 12.1 Å². The van der Waals surface area contributed by atoms with E-state index < -0.39 is 0 Å². The van der Waals surface area contributed by atoms with Crippen molar-refractivity contribution in [2.45, 2.75) is 39.8 Å². The maximum atomic E-state index is 9.63. The molecular formula is C23H29N3O2. The summed E-state index contributed by atoms with van der Waals surface area (Å²) >= 11 is 0. The van der Waals surface area contributed by atoms with Crippen LogP contribution in [-0.4, -0.2) is 47.3 Å². The third-order valence-corrected chi connectivity index (χ3v) is 5.72. The number of aliphatic hydroxyl groups is 1. The monoisotopic (exact) mass is 379 g/mol. The number of aliphatic hydroxyl groups excluding tert-OH is 1. The van der Waals surface area contributed by atoms with Crippen LogP contribution in [0.5, 0.6) is 0 Å². The zero-order valence-corrected chi connectivity index (χ0v) is 17.0. The van der Waals surface area contributed by atoms with Gasteiger partial charge in [0.25, 0.3) is 0 Å². The molecule has 3 heterocycles. The quantitative estimate of drug-likeness (QED) is 0.730. The Labute approximate surface area is 166 Å². The summed E-state index contributed by atoms with van der Waals surface area (Å²) < 4.78 is 5.78. The normalized spacial score (nSPS) is 18.1. The molecule has 1 fully saturated rings. The van der Waals surface area contributed by atoms with Crippen LogP contribution in [0.15, 0.2) is 40.9 Å². The lowest BCUT2D eigenvalue weighted by Gasteiger charge is -2.42. The summed E-state index contributed by atoms with van der Waals surface area (Å²) in [5.74, 6) is 1.94. The standard InChI is InChI=1S/C23H29N3O2/c1-16-12-17(2)23-21(13-16)22(6-8-24-23)26-10-9-25(19(14-26)7-11-27)15-20-5-4-18(3)28-20/h4-6,8,12-13,19,27H,7,9-11,14-15H2,1-3H3. The molecule has 2 aromatic heterocycles. The molecule has 28 heavy (non-hydrogen) atoms. The molecule has 0 saturated carbocycles. The Bertz CT molecular complexity index is 966. The molecule has 1 unspecified atom stereocenters. The molecule has 0 aliphatic carbocycles. The molecule has 0 spiro atoms. The molecule has 1 saturated heterocycles. The first kappa shape index (κ1) is 19.0. The highest BCUT2D eigenvalue weighted by atomic mass is 16.3. The van der Waals surface area contributed by atoms with Gasteiger partial charge in [0.1, 0.15) is 11.5 Å². The van der Waals surface area contributed by atoms with Crippen LogP contribution < -0.4 is 4.90 Å². The minimum atomic E-state index is 0.196. The molecule has 3 aromatic rings. The number of aromatic nitrogens is 1. The molecule has 1 aliphatic heterocycles. The molecular weight excluding hydrogens is 350 g/mol. The molecule has 1 atom stereocenters. The number of piperazine rings is 1. The van der Waals surface area contributed by atoms with Gasteiger partial charge in [-0.05, 0) is 57.0 Å². The van der Waals surface area contributed by atoms with Crippen LogP contribution in [0, 0.1) is 20.8 Å². The minimum absolute atomic E-state index is 0.196. The van der Waals surface area contributed by atoms with E-state index in [-0.39, 0.29) is 6.61 Å². The lowest BCUT2D eigenvalue weighted by molar-refractivity contribution is 0.127. The Hall–Kier alpha value is -2.37. The summed E-state index contributed by atoms with van der Waals surface area (Å²) in [6, 6.07) is 10.9. The van der Waals surface area contributed by atoms with Crippen molar-refractivity contribution in [3.63, 3.8) is 0 Å². The van der Waals surface area contributed by atoms with Crippen LogP contribution in [0.25, 0.3) is 10.9 Å². The van der Waals surface area contributed by atoms with Gasteiger partial charge in [0, 0.05) is 49.6 Å². The topological polar surface area (TPSA) is 52.7 Å². The first-order valence-corrected chi connectivity index (χ1v) is 10.1.